The molecule has 16 heavy (non-hydrogen) atoms. The Labute approximate surface area is 97.3 Å². The Hall–Kier alpha value is -1.36. The summed E-state index contributed by atoms with van der Waals surface area (Å²) in [7, 11) is 1.50. The molecule has 3 N–H and O–H groups in total. The Morgan fingerprint density at radius 3 is 2.69 bits per heavy atom. The van der Waals surface area contributed by atoms with E-state index in [0.29, 0.717) is 5.69 Å². The molecule has 0 aliphatic heterocycles. The van der Waals surface area contributed by atoms with Crippen LogP contribution in [0.1, 0.15) is 5.56 Å². The number of nitrogens with one attached hydrogen (secondary N) is 1. The molecule has 0 bridgehead atoms. The first kappa shape index (κ1) is 12.7. The van der Waals surface area contributed by atoms with E-state index in [2.05, 4.69) is 0 Å². The molecule has 0 fully saturated rings. The van der Waals surface area contributed by atoms with E-state index in [4.69, 9.17) is 22.7 Å². The number of nitrogens with two attached hydrogens (primary N) is 1. The summed E-state index contributed by atoms with van der Waals surface area (Å²) in [5.41, 5.74) is 6.08. The number of hydrogen-bond donors (Lipinski definition) is 2. The van der Waals surface area contributed by atoms with E-state index in [-0.39, 0.29) is 16.4 Å². The summed E-state index contributed by atoms with van der Waals surface area (Å²) in [5.74, 6) is -0.235. The van der Waals surface area contributed by atoms with Gasteiger partial charge >= 0.3 is 0 Å². The van der Waals surface area contributed by atoms with Crippen molar-refractivity contribution >= 4 is 23.1 Å². The number of alkyl halides is 2. The smallest absolute Gasteiger partial charge is 0.255 e. The number of hydrogen-bond acceptors (Lipinski definition) is 2. The zero-order valence-electron chi connectivity index (χ0n) is 8.67. The number of anilines is 1. The average Bonchev–Trinajstić information content (AvgIpc) is 2.15. The molecule has 0 aliphatic carbocycles. The van der Waals surface area contributed by atoms with Crippen LogP contribution in [-0.2, 0) is 0 Å². The van der Waals surface area contributed by atoms with E-state index >= 15 is 0 Å². The third kappa shape index (κ3) is 2.82. The second-order valence-electron chi connectivity index (χ2n) is 3.32. The Bertz CT molecular complexity index is 396. The van der Waals surface area contributed by atoms with Crippen molar-refractivity contribution < 1.29 is 8.78 Å². The van der Waals surface area contributed by atoms with Crippen molar-refractivity contribution in [2.75, 3.05) is 18.5 Å². The molecule has 0 heterocycles. The van der Waals surface area contributed by atoms with Crippen LogP contribution in [0.4, 0.5) is 14.5 Å². The van der Waals surface area contributed by atoms with Crippen LogP contribution in [0, 0.1) is 5.41 Å². The maximum Gasteiger partial charge on any atom is 0.255 e. The van der Waals surface area contributed by atoms with Crippen molar-refractivity contribution in [1.82, 2.24) is 0 Å². The molecule has 0 aromatic heterocycles. The van der Waals surface area contributed by atoms with Gasteiger partial charge in [0.25, 0.3) is 6.43 Å². The maximum absolute atomic E-state index is 12.2. The Balaban J connectivity index is 3.12. The van der Waals surface area contributed by atoms with Crippen LogP contribution in [0.5, 0.6) is 0 Å². The van der Waals surface area contributed by atoms with Crippen LogP contribution >= 0.6 is 11.6 Å². The van der Waals surface area contributed by atoms with Gasteiger partial charge in [0.2, 0.25) is 0 Å². The molecule has 3 nitrogen and oxygen atoms in total. The zero-order chi connectivity index (χ0) is 12.3. The van der Waals surface area contributed by atoms with E-state index in [1.54, 1.807) is 18.2 Å². The van der Waals surface area contributed by atoms with Gasteiger partial charge in [0.15, 0.2) is 0 Å². The van der Waals surface area contributed by atoms with E-state index in [1.807, 2.05) is 0 Å². The lowest BCUT2D eigenvalue weighted by Crippen LogP contribution is -2.27. The van der Waals surface area contributed by atoms with Crippen LogP contribution in [0.15, 0.2) is 18.2 Å². The fourth-order valence-corrected chi connectivity index (χ4v) is 1.67. The minimum atomic E-state index is -2.45. The average molecular weight is 248 g/mol. The van der Waals surface area contributed by atoms with Crippen molar-refractivity contribution in [1.29, 1.82) is 5.41 Å². The molecule has 1 rings (SSSR count). The van der Waals surface area contributed by atoms with Gasteiger partial charge in [-0.1, -0.05) is 17.7 Å². The largest absolute Gasteiger partial charge is 0.384 e. The predicted molar refractivity (Wildman–Crippen MR) is 61.7 cm³/mol. The first-order chi connectivity index (χ1) is 7.43. The van der Waals surface area contributed by atoms with Crippen LogP contribution < -0.4 is 10.6 Å². The van der Waals surface area contributed by atoms with Gasteiger partial charge in [0, 0.05) is 12.7 Å². The van der Waals surface area contributed by atoms with Crippen LogP contribution in [0.3, 0.4) is 0 Å². The fourth-order valence-electron chi connectivity index (χ4n) is 1.40. The quantitative estimate of drug-likeness (QED) is 0.634. The zero-order valence-corrected chi connectivity index (χ0v) is 9.43. The summed E-state index contributed by atoms with van der Waals surface area (Å²) in [6.07, 6.45) is -2.45. The molecule has 0 saturated heterocycles. The summed E-state index contributed by atoms with van der Waals surface area (Å²) in [4.78, 5) is 1.33. The molecule has 6 heteroatoms. The molecule has 0 spiro atoms. The van der Waals surface area contributed by atoms with Crippen LogP contribution in [-0.4, -0.2) is 25.9 Å². The highest BCUT2D eigenvalue weighted by Crippen LogP contribution is 2.26. The number of nitrogen functional groups attached to an aromatic ring is 1. The summed E-state index contributed by atoms with van der Waals surface area (Å²) in [6.45, 7) is -0.430. The van der Waals surface area contributed by atoms with E-state index in [9.17, 15) is 8.78 Å². The van der Waals surface area contributed by atoms with E-state index in [0.717, 1.165) is 0 Å². The summed E-state index contributed by atoms with van der Waals surface area (Å²) in [6, 6.07) is 4.80. The molecule has 1 aromatic rings. The van der Waals surface area contributed by atoms with Crippen molar-refractivity contribution in [3.63, 3.8) is 0 Å². The highest BCUT2D eigenvalue weighted by atomic mass is 35.5. The summed E-state index contributed by atoms with van der Waals surface area (Å²) < 4.78 is 24.5. The number of rotatable bonds is 4. The molecule has 0 saturated carbocycles. The van der Waals surface area contributed by atoms with E-state index < -0.39 is 13.0 Å². The van der Waals surface area contributed by atoms with Gasteiger partial charge < -0.3 is 10.6 Å². The predicted octanol–water partition coefficient (Wildman–Crippen LogP) is 2.33. The van der Waals surface area contributed by atoms with Gasteiger partial charge in [-0.15, -0.1) is 0 Å². The minimum absolute atomic E-state index is 0.235. The second kappa shape index (κ2) is 5.12. The Morgan fingerprint density at radius 2 is 2.19 bits per heavy atom. The molecule has 0 aliphatic rings. The molecule has 88 valence electrons. The first-order valence-electron chi connectivity index (χ1n) is 4.55. The number of amidine groups is 1. The normalized spacial score (nSPS) is 10.6. The van der Waals surface area contributed by atoms with Crippen molar-refractivity contribution in [3.8, 4) is 0 Å². The standard InChI is InChI=1S/C10H12ClF2N3/c1-16(5-8(12)13)7-4-2-3-6(11)9(7)10(14)15/h2-4,8H,5H2,1H3,(H3,14,15). The third-order valence-corrected chi connectivity index (χ3v) is 2.40. The molecule has 0 amide bonds. The lowest BCUT2D eigenvalue weighted by atomic mass is 10.1. The topological polar surface area (TPSA) is 53.1 Å². The van der Waals surface area contributed by atoms with Crippen LogP contribution in [0.2, 0.25) is 5.02 Å². The third-order valence-electron chi connectivity index (χ3n) is 2.08. The minimum Gasteiger partial charge on any atom is -0.384 e. The van der Waals surface area contributed by atoms with Gasteiger partial charge in [0.05, 0.1) is 17.1 Å². The molecule has 1 aromatic carbocycles. The lowest BCUT2D eigenvalue weighted by molar-refractivity contribution is 0.156. The molecule has 0 unspecified atom stereocenters. The molecular formula is C10H12ClF2N3. The van der Waals surface area contributed by atoms with Gasteiger partial charge in [-0.05, 0) is 12.1 Å². The highest BCUT2D eigenvalue weighted by Gasteiger charge is 2.15. The number of halogens is 3. The van der Waals surface area contributed by atoms with Crippen LogP contribution in [0.25, 0.3) is 0 Å². The van der Waals surface area contributed by atoms with Gasteiger partial charge in [-0.3, -0.25) is 5.41 Å². The number of nitrogens with zero attached hydrogens (tertiary/aromatic N) is 1. The van der Waals surface area contributed by atoms with Crippen molar-refractivity contribution in [2.24, 2.45) is 5.73 Å². The molecule has 0 radical (unpaired) electrons. The second-order valence-corrected chi connectivity index (χ2v) is 3.73. The monoisotopic (exact) mass is 247 g/mol. The van der Waals surface area contributed by atoms with Gasteiger partial charge in [-0.2, -0.15) is 0 Å². The Morgan fingerprint density at radius 1 is 1.56 bits per heavy atom. The fraction of sp³-hybridized carbons (Fsp3) is 0.300. The van der Waals surface area contributed by atoms with Crippen molar-refractivity contribution in [2.45, 2.75) is 6.43 Å². The highest BCUT2D eigenvalue weighted by molar-refractivity contribution is 6.34. The maximum atomic E-state index is 12.2. The number of benzene rings is 1. The molecule has 0 atom stereocenters. The Kier molecular flexibility index (Phi) is 4.06. The van der Waals surface area contributed by atoms with E-state index in [1.165, 1.54) is 11.9 Å². The lowest BCUT2D eigenvalue weighted by Gasteiger charge is -2.22. The summed E-state index contributed by atoms with van der Waals surface area (Å²) >= 11 is 5.87. The molecular weight excluding hydrogens is 236 g/mol. The van der Waals surface area contributed by atoms with Gasteiger partial charge in [-0.25, -0.2) is 8.78 Å². The summed E-state index contributed by atoms with van der Waals surface area (Å²) in [5, 5.41) is 7.66. The first-order valence-corrected chi connectivity index (χ1v) is 4.93. The van der Waals surface area contributed by atoms with Gasteiger partial charge in [0.1, 0.15) is 5.84 Å². The SMILES string of the molecule is CN(CC(F)F)c1cccc(Cl)c1C(=N)N. The van der Waals surface area contributed by atoms with Crippen molar-refractivity contribution in [3.05, 3.63) is 28.8 Å².